The van der Waals surface area contributed by atoms with Crippen molar-refractivity contribution >= 4 is 11.4 Å². The van der Waals surface area contributed by atoms with Gasteiger partial charge in [0.25, 0.3) is 0 Å². The zero-order valence-corrected chi connectivity index (χ0v) is 38.2. The molecule has 2 aromatic rings. The van der Waals surface area contributed by atoms with Crippen molar-refractivity contribution in [2.24, 2.45) is 0 Å². The molecule has 0 N–H and O–H groups in total. The van der Waals surface area contributed by atoms with Crippen LogP contribution >= 0.6 is 0 Å². The Bertz CT molecular complexity index is 1340. The van der Waals surface area contributed by atoms with E-state index in [-0.39, 0.29) is 31.3 Å². The van der Waals surface area contributed by atoms with Gasteiger partial charge in [-0.15, -0.1) is 4.79 Å². The monoisotopic (exact) mass is 783 g/mol. The van der Waals surface area contributed by atoms with Gasteiger partial charge in [0, 0.05) is 0 Å². The van der Waals surface area contributed by atoms with Gasteiger partial charge in [0.15, 0.2) is 0 Å². The first kappa shape index (κ1) is 53.9. The maximum atomic E-state index is 10.1. The summed E-state index contributed by atoms with van der Waals surface area (Å²) in [5, 5.41) is 0. The fourth-order valence-corrected chi connectivity index (χ4v) is 8.07. The molecule has 0 atom stereocenters. The van der Waals surface area contributed by atoms with Crippen LogP contribution in [0.5, 0.6) is 0 Å². The van der Waals surface area contributed by atoms with Gasteiger partial charge < -0.3 is 20.4 Å². The Morgan fingerprint density at radius 3 is 1.26 bits per heavy atom. The number of allylic oxidation sites excluding steroid dienone is 2. The molecule has 0 fully saturated rings. The van der Waals surface area contributed by atoms with Crippen LogP contribution in [-0.4, -0.2) is 10.7 Å². The fraction of sp³-hybridized carbons (Fsp3) is 0.647. The third kappa shape index (κ3) is 17.7. The molecule has 0 saturated heterocycles. The van der Waals surface area contributed by atoms with Gasteiger partial charge in [0.1, 0.15) is 0 Å². The average molecular weight is 784 g/mol. The van der Waals surface area contributed by atoms with E-state index >= 15 is 0 Å². The Kier molecular flexibility index (Phi) is 33.0. The first-order chi connectivity index (χ1) is 25.0. The van der Waals surface area contributed by atoms with E-state index in [0.29, 0.717) is 0 Å². The van der Waals surface area contributed by atoms with E-state index in [2.05, 4.69) is 90.3 Å². The second-order valence-corrected chi connectivity index (χ2v) is 15.3. The molecule has 2 nitrogen and oxygen atoms in total. The van der Waals surface area contributed by atoms with Crippen molar-refractivity contribution in [3.63, 3.8) is 0 Å². The molecule has 0 bridgehead atoms. The number of unbranched alkanes of at least 4 members (excludes halogenated alkanes) is 9. The van der Waals surface area contributed by atoms with Crippen LogP contribution < -0.4 is 0 Å². The van der Waals surface area contributed by atoms with E-state index < -0.39 is 0 Å². The number of benzene rings is 2. The van der Waals surface area contributed by atoms with Gasteiger partial charge in [-0.05, 0) is 139 Å². The minimum atomic E-state index is 0. The van der Waals surface area contributed by atoms with Gasteiger partial charge in [0.2, 0.25) is 0 Å². The summed E-state index contributed by atoms with van der Waals surface area (Å²) in [6, 6.07) is 10.4. The average Bonchev–Trinajstić information content (AvgIpc) is 3.12. The largest absolute Gasteiger partial charge is 2.00 e. The summed E-state index contributed by atoms with van der Waals surface area (Å²) in [7, 11) is 0. The van der Waals surface area contributed by atoms with Gasteiger partial charge in [-0.1, -0.05) is 157 Å². The summed E-state index contributed by atoms with van der Waals surface area (Å²) in [4.78, 5) is 3.62. The van der Waals surface area contributed by atoms with Crippen molar-refractivity contribution in [1.29, 1.82) is 0 Å². The van der Waals surface area contributed by atoms with Crippen molar-refractivity contribution in [3.05, 3.63) is 100 Å². The molecule has 0 aromatic heterocycles. The molecular weight excluding hydrogens is 699 g/mol. The second kappa shape index (κ2) is 33.0. The van der Waals surface area contributed by atoms with Crippen molar-refractivity contribution in [3.8, 4) is 0 Å². The zero-order chi connectivity index (χ0) is 37.3. The Morgan fingerprint density at radius 2 is 0.852 bits per heavy atom. The normalized spacial score (nSPS) is 11.1. The first-order valence-corrected chi connectivity index (χ1v) is 22.0. The van der Waals surface area contributed by atoms with E-state index in [1.165, 1.54) is 106 Å². The maximum absolute atomic E-state index is 10.1. The van der Waals surface area contributed by atoms with Crippen molar-refractivity contribution in [2.45, 2.75) is 216 Å². The number of rotatable bonds is 28. The molecular formula is C51H84N2Ni. The number of nitrogens with zero attached hydrogens (tertiary/aromatic N) is 2. The van der Waals surface area contributed by atoms with Crippen LogP contribution in [0.1, 0.15) is 222 Å². The Balaban J connectivity index is 0. The maximum Gasteiger partial charge on any atom is 2.00 e. The van der Waals surface area contributed by atoms with Crippen LogP contribution in [0.25, 0.3) is 11.1 Å². The molecule has 0 aliphatic heterocycles. The molecule has 308 valence electrons. The first-order valence-electron chi connectivity index (χ1n) is 22.0. The Hall–Kier alpha value is -2.17. The minimum Gasteiger partial charge on any atom is -0.358 e. The van der Waals surface area contributed by atoms with Crippen LogP contribution in [0.4, 0.5) is 0 Å². The molecule has 3 heteroatoms. The molecule has 2 rings (SSSR count). The van der Waals surface area contributed by atoms with Gasteiger partial charge in [-0.25, -0.2) is 0 Å². The van der Waals surface area contributed by atoms with Crippen molar-refractivity contribution in [1.82, 2.24) is 0 Å². The second-order valence-electron chi connectivity index (χ2n) is 15.3. The standard InChI is InChI=1S/C49H78N2.2CH3.Ni/c1-9-17-22-29-41-36-45(37-42(30-23-18-10-2)47(41)33-25-20-12-4)49(48(32-21-13-5)43(38-51-50)31-24-19-11-3)44-34-39(26-14-6)46(28-16-8)40(35-44)27-15-7;;;/h34-37H,9-33H2,1-8H3;2*1H3;/q;2*-1;+2. The van der Waals surface area contributed by atoms with Crippen LogP contribution in [0, 0.1) is 14.9 Å². The third-order valence-electron chi connectivity index (χ3n) is 10.8. The molecule has 0 heterocycles. The van der Waals surface area contributed by atoms with E-state index in [1.54, 1.807) is 33.4 Å². The molecule has 0 aliphatic rings. The number of aryl methyl sites for hydroxylation is 4. The SMILES string of the molecule is CCCCCC(=C=[N+]=[N-])C(CCCC)=C(c1cc(CCC)c(CCC)c(CCC)c1)c1cc(CCCCC)c(CCCCC)c(CCCCC)c1.[CH3-].[CH3-].[Ni+2]. The summed E-state index contributed by atoms with van der Waals surface area (Å²) < 4.78 is 0. The summed E-state index contributed by atoms with van der Waals surface area (Å²) in [6.45, 7) is 18.6. The molecule has 0 unspecified atom stereocenters. The van der Waals surface area contributed by atoms with Crippen LogP contribution in [0.2, 0.25) is 0 Å². The van der Waals surface area contributed by atoms with Crippen LogP contribution in [0.3, 0.4) is 0 Å². The Morgan fingerprint density at radius 1 is 0.463 bits per heavy atom. The van der Waals surface area contributed by atoms with Crippen LogP contribution in [0.15, 0.2) is 35.4 Å². The third-order valence-corrected chi connectivity index (χ3v) is 10.8. The molecule has 0 amide bonds. The molecule has 0 saturated carbocycles. The van der Waals surface area contributed by atoms with Crippen molar-refractivity contribution in [2.75, 3.05) is 0 Å². The molecule has 2 aromatic carbocycles. The van der Waals surface area contributed by atoms with Gasteiger partial charge in [-0.2, -0.15) is 0 Å². The summed E-state index contributed by atoms with van der Waals surface area (Å²) in [6.07, 6.45) is 29.4. The topological polar surface area (TPSA) is 36.4 Å². The molecule has 0 spiro atoms. The van der Waals surface area contributed by atoms with E-state index in [9.17, 15) is 5.53 Å². The van der Waals surface area contributed by atoms with Gasteiger partial charge in [0.05, 0.1) is 5.57 Å². The minimum absolute atomic E-state index is 0. The van der Waals surface area contributed by atoms with E-state index in [0.717, 1.165) is 82.6 Å². The smallest absolute Gasteiger partial charge is 0.358 e. The van der Waals surface area contributed by atoms with E-state index in [4.69, 9.17) is 0 Å². The summed E-state index contributed by atoms with van der Waals surface area (Å²) >= 11 is 0. The predicted molar refractivity (Wildman–Crippen MR) is 239 cm³/mol. The van der Waals surface area contributed by atoms with Crippen LogP contribution in [-0.2, 0) is 55.0 Å². The van der Waals surface area contributed by atoms with Crippen molar-refractivity contribution < 1.29 is 21.3 Å². The molecule has 54 heavy (non-hydrogen) atoms. The predicted octanol–water partition coefficient (Wildman–Crippen LogP) is 16.0. The zero-order valence-electron chi connectivity index (χ0n) is 37.2. The molecule has 0 aliphatic carbocycles. The summed E-state index contributed by atoms with van der Waals surface area (Å²) in [5.41, 5.74) is 26.2. The van der Waals surface area contributed by atoms with Gasteiger partial charge in [-0.3, -0.25) is 0 Å². The summed E-state index contributed by atoms with van der Waals surface area (Å²) in [5.74, 6) is 3.18. The Labute approximate surface area is 347 Å². The quantitative estimate of drug-likeness (QED) is 0.0157. The number of hydrogen-bond donors (Lipinski definition) is 0. The van der Waals surface area contributed by atoms with Gasteiger partial charge >= 0.3 is 22.4 Å². The molecule has 0 radical (unpaired) electrons. The fourth-order valence-electron chi connectivity index (χ4n) is 8.07. The van der Waals surface area contributed by atoms with E-state index in [1.807, 2.05) is 0 Å². The number of hydrogen-bond acceptors (Lipinski definition) is 0.